The molecular weight excluding hydrogens is 307 g/mol. The molecule has 0 bridgehead atoms. The summed E-state index contributed by atoms with van der Waals surface area (Å²) in [5.74, 6) is 0.0874. The molecule has 24 heavy (non-hydrogen) atoms. The quantitative estimate of drug-likeness (QED) is 0.771. The minimum Gasteiger partial charge on any atom is -0.334 e. The van der Waals surface area contributed by atoms with Crippen molar-refractivity contribution in [3.63, 3.8) is 0 Å². The summed E-state index contributed by atoms with van der Waals surface area (Å²) >= 11 is 0. The first-order valence-corrected chi connectivity index (χ1v) is 7.51. The highest BCUT2D eigenvalue weighted by atomic mass is 19.1. The highest BCUT2D eigenvalue weighted by Crippen LogP contribution is 2.21. The second kappa shape index (κ2) is 6.95. The van der Waals surface area contributed by atoms with Gasteiger partial charge in [0.05, 0.1) is 5.69 Å². The molecule has 0 spiro atoms. The maximum absolute atomic E-state index is 13.5. The number of rotatable bonds is 4. The van der Waals surface area contributed by atoms with Crippen LogP contribution < -0.4 is 10.6 Å². The van der Waals surface area contributed by atoms with Gasteiger partial charge in [0.2, 0.25) is 0 Å². The predicted molar refractivity (Wildman–Crippen MR) is 90.9 cm³/mol. The van der Waals surface area contributed by atoms with Gasteiger partial charge in [-0.25, -0.2) is 9.18 Å². The molecule has 1 heterocycles. The van der Waals surface area contributed by atoms with Crippen LogP contribution in [0.5, 0.6) is 0 Å². The lowest BCUT2D eigenvalue weighted by Crippen LogP contribution is -2.28. The van der Waals surface area contributed by atoms with E-state index in [0.717, 1.165) is 11.3 Å². The molecule has 0 aliphatic rings. The third-order valence-corrected chi connectivity index (χ3v) is 3.59. The Balaban J connectivity index is 1.64. The maximum atomic E-state index is 13.5. The van der Waals surface area contributed by atoms with Crippen molar-refractivity contribution in [3.05, 3.63) is 72.0 Å². The Labute approximate surface area is 139 Å². The van der Waals surface area contributed by atoms with Crippen molar-refractivity contribution in [2.45, 2.75) is 6.54 Å². The molecule has 1 aromatic heterocycles. The average Bonchev–Trinajstić information content (AvgIpc) is 2.95. The van der Waals surface area contributed by atoms with E-state index in [9.17, 15) is 9.18 Å². The van der Waals surface area contributed by atoms with Gasteiger partial charge in [0.25, 0.3) is 0 Å². The summed E-state index contributed by atoms with van der Waals surface area (Å²) in [6, 6.07) is 17.4. The number of aryl methyl sites for hydroxylation is 1. The fraction of sp³-hybridized carbons (Fsp3) is 0.111. The van der Waals surface area contributed by atoms with Crippen LogP contribution in [0, 0.1) is 5.82 Å². The second-order valence-electron chi connectivity index (χ2n) is 5.30. The first kappa shape index (κ1) is 15.7. The van der Waals surface area contributed by atoms with Crippen LogP contribution in [0.1, 0.15) is 5.56 Å². The van der Waals surface area contributed by atoms with Crippen LogP contribution in [-0.2, 0) is 13.6 Å². The zero-order chi connectivity index (χ0) is 16.9. The van der Waals surface area contributed by atoms with Crippen molar-refractivity contribution in [3.8, 4) is 11.3 Å². The average molecular weight is 324 g/mol. The third-order valence-electron chi connectivity index (χ3n) is 3.59. The van der Waals surface area contributed by atoms with Gasteiger partial charge in [0, 0.05) is 25.2 Å². The lowest BCUT2D eigenvalue weighted by Gasteiger charge is -2.06. The van der Waals surface area contributed by atoms with Gasteiger partial charge in [-0.1, -0.05) is 48.5 Å². The van der Waals surface area contributed by atoms with Gasteiger partial charge in [-0.3, -0.25) is 10.00 Å². The number of carbonyl (C=O) groups excluding carboxylic acids is 1. The van der Waals surface area contributed by atoms with E-state index in [1.165, 1.54) is 6.07 Å². The molecule has 0 unspecified atom stereocenters. The number of amides is 2. The molecule has 0 radical (unpaired) electrons. The molecule has 2 amide bonds. The first-order valence-electron chi connectivity index (χ1n) is 7.51. The van der Waals surface area contributed by atoms with E-state index in [1.54, 1.807) is 28.9 Å². The molecule has 0 saturated carbocycles. The SMILES string of the molecule is Cn1nc(NC(=O)NCc2ccccc2F)cc1-c1ccccc1. The Bertz CT molecular complexity index is 845. The number of halogens is 1. The van der Waals surface area contributed by atoms with Crippen molar-refractivity contribution < 1.29 is 9.18 Å². The van der Waals surface area contributed by atoms with E-state index in [4.69, 9.17) is 0 Å². The largest absolute Gasteiger partial charge is 0.334 e. The molecule has 3 aromatic rings. The summed E-state index contributed by atoms with van der Waals surface area (Å²) in [5.41, 5.74) is 2.32. The van der Waals surface area contributed by atoms with Gasteiger partial charge in [-0.05, 0) is 11.6 Å². The van der Waals surface area contributed by atoms with Gasteiger partial charge in [-0.2, -0.15) is 5.10 Å². The third kappa shape index (κ3) is 3.60. The van der Waals surface area contributed by atoms with Gasteiger partial charge in [0.1, 0.15) is 5.82 Å². The van der Waals surface area contributed by atoms with Crippen molar-refractivity contribution >= 4 is 11.8 Å². The zero-order valence-electron chi connectivity index (χ0n) is 13.2. The standard InChI is InChI=1S/C18H17FN4O/c1-23-16(13-7-3-2-4-8-13)11-17(22-23)21-18(24)20-12-14-9-5-6-10-15(14)19/h2-11H,12H2,1H3,(H2,20,21,22,24). The molecule has 0 aliphatic heterocycles. The smallest absolute Gasteiger partial charge is 0.320 e. The van der Waals surface area contributed by atoms with E-state index >= 15 is 0 Å². The lowest BCUT2D eigenvalue weighted by atomic mass is 10.1. The molecule has 0 aliphatic carbocycles. The molecule has 2 N–H and O–H groups in total. The number of nitrogens with one attached hydrogen (secondary N) is 2. The first-order chi connectivity index (χ1) is 11.6. The van der Waals surface area contributed by atoms with Gasteiger partial charge >= 0.3 is 6.03 Å². The summed E-state index contributed by atoms with van der Waals surface area (Å²) in [6.07, 6.45) is 0. The number of hydrogen-bond acceptors (Lipinski definition) is 2. The number of anilines is 1. The van der Waals surface area contributed by atoms with E-state index in [0.29, 0.717) is 11.4 Å². The number of carbonyl (C=O) groups is 1. The fourth-order valence-electron chi connectivity index (χ4n) is 2.39. The van der Waals surface area contributed by atoms with Crippen LogP contribution >= 0.6 is 0 Å². The Morgan fingerprint density at radius 3 is 2.58 bits per heavy atom. The topological polar surface area (TPSA) is 59.0 Å². The van der Waals surface area contributed by atoms with Crippen LogP contribution in [0.4, 0.5) is 15.0 Å². The number of urea groups is 1. The van der Waals surface area contributed by atoms with Crippen LogP contribution in [-0.4, -0.2) is 15.8 Å². The van der Waals surface area contributed by atoms with E-state index in [2.05, 4.69) is 15.7 Å². The normalized spacial score (nSPS) is 10.4. The highest BCUT2D eigenvalue weighted by Gasteiger charge is 2.10. The second-order valence-corrected chi connectivity index (χ2v) is 5.30. The van der Waals surface area contributed by atoms with Crippen molar-refractivity contribution in [2.75, 3.05) is 5.32 Å². The van der Waals surface area contributed by atoms with Crippen molar-refractivity contribution in [2.24, 2.45) is 7.05 Å². The number of hydrogen-bond donors (Lipinski definition) is 2. The molecule has 5 nitrogen and oxygen atoms in total. The van der Waals surface area contributed by atoms with Gasteiger partial charge in [0.15, 0.2) is 5.82 Å². The van der Waals surface area contributed by atoms with E-state index < -0.39 is 6.03 Å². The Morgan fingerprint density at radius 2 is 1.83 bits per heavy atom. The van der Waals surface area contributed by atoms with Gasteiger partial charge < -0.3 is 5.32 Å². The summed E-state index contributed by atoms with van der Waals surface area (Å²) in [5, 5.41) is 9.55. The Hall–Kier alpha value is -3.15. The maximum Gasteiger partial charge on any atom is 0.320 e. The molecule has 0 atom stereocenters. The molecule has 0 fully saturated rings. The van der Waals surface area contributed by atoms with Crippen LogP contribution in [0.3, 0.4) is 0 Å². The monoisotopic (exact) mass is 324 g/mol. The molecule has 122 valence electrons. The molecular formula is C18H17FN4O. The fourth-order valence-corrected chi connectivity index (χ4v) is 2.39. The summed E-state index contributed by atoms with van der Waals surface area (Å²) in [6.45, 7) is 0.108. The molecule has 3 rings (SSSR count). The minimum absolute atomic E-state index is 0.108. The number of aromatic nitrogens is 2. The van der Waals surface area contributed by atoms with E-state index in [1.807, 2.05) is 37.4 Å². The predicted octanol–water partition coefficient (Wildman–Crippen LogP) is 3.55. The lowest BCUT2D eigenvalue weighted by molar-refractivity contribution is 0.251. The van der Waals surface area contributed by atoms with E-state index in [-0.39, 0.29) is 12.4 Å². The Morgan fingerprint density at radius 1 is 1.12 bits per heavy atom. The summed E-state index contributed by atoms with van der Waals surface area (Å²) in [4.78, 5) is 12.0. The van der Waals surface area contributed by atoms with Crippen molar-refractivity contribution in [1.29, 1.82) is 0 Å². The van der Waals surface area contributed by atoms with Crippen LogP contribution in [0.15, 0.2) is 60.7 Å². The van der Waals surface area contributed by atoms with Crippen LogP contribution in [0.25, 0.3) is 11.3 Å². The zero-order valence-corrected chi connectivity index (χ0v) is 13.2. The minimum atomic E-state index is -0.434. The molecule has 6 heteroatoms. The molecule has 0 saturated heterocycles. The number of nitrogens with zero attached hydrogens (tertiary/aromatic N) is 2. The summed E-state index contributed by atoms with van der Waals surface area (Å²) in [7, 11) is 1.81. The molecule has 2 aromatic carbocycles. The summed E-state index contributed by atoms with van der Waals surface area (Å²) < 4.78 is 15.2. The van der Waals surface area contributed by atoms with Crippen LogP contribution in [0.2, 0.25) is 0 Å². The highest BCUT2D eigenvalue weighted by molar-refractivity contribution is 5.88. The van der Waals surface area contributed by atoms with Gasteiger partial charge in [-0.15, -0.1) is 0 Å². The Kier molecular flexibility index (Phi) is 4.56. The van der Waals surface area contributed by atoms with Crippen molar-refractivity contribution in [1.82, 2.24) is 15.1 Å². The number of benzene rings is 2.